The average molecular weight is 388 g/mol. The number of sulfonamides is 1. The molecule has 0 saturated carbocycles. The monoisotopic (exact) mass is 387 g/mol. The molecule has 1 aliphatic rings. The molecule has 0 aliphatic carbocycles. The topological polar surface area (TPSA) is 55.8 Å². The minimum absolute atomic E-state index is 0.253. The van der Waals surface area contributed by atoms with Gasteiger partial charge in [-0.05, 0) is 31.0 Å². The van der Waals surface area contributed by atoms with Crippen LogP contribution in [-0.2, 0) is 10.0 Å². The molecule has 0 spiro atoms. The molecule has 0 amide bonds. The number of nitrogens with zero attached hydrogens (tertiary/aromatic N) is 1. The number of hydrogen-bond donors (Lipinski definition) is 0. The van der Waals surface area contributed by atoms with Gasteiger partial charge in [-0.25, -0.2) is 8.42 Å². The van der Waals surface area contributed by atoms with Crippen LogP contribution in [0.15, 0.2) is 34.5 Å². The summed E-state index contributed by atoms with van der Waals surface area (Å²) >= 11 is 6.99. The molecule has 0 bridgehead atoms. The van der Waals surface area contributed by atoms with Gasteiger partial charge in [0.05, 0.1) is 24.6 Å². The Balaban J connectivity index is 1.99. The number of thiophene rings is 1. The Morgan fingerprint density at radius 3 is 2.62 bits per heavy atom. The van der Waals surface area contributed by atoms with E-state index in [2.05, 4.69) is 0 Å². The minimum Gasteiger partial charge on any atom is -0.497 e. The molecule has 3 rings (SSSR count). The third-order valence-corrected chi connectivity index (χ3v) is 7.72. The van der Waals surface area contributed by atoms with Crippen LogP contribution in [0.4, 0.5) is 0 Å². The van der Waals surface area contributed by atoms with Crippen LogP contribution in [0.3, 0.4) is 0 Å². The summed E-state index contributed by atoms with van der Waals surface area (Å²) in [5.74, 6) is 1.30. The van der Waals surface area contributed by atoms with Crippen LogP contribution >= 0.6 is 22.9 Å². The molecule has 0 radical (unpaired) electrons. The second kappa shape index (κ2) is 6.92. The van der Waals surface area contributed by atoms with Crippen LogP contribution in [0, 0.1) is 0 Å². The van der Waals surface area contributed by atoms with Crippen molar-refractivity contribution in [1.82, 2.24) is 4.31 Å². The minimum atomic E-state index is -3.58. The highest BCUT2D eigenvalue weighted by Gasteiger charge is 2.38. The molecule has 24 heavy (non-hydrogen) atoms. The average Bonchev–Trinajstić information content (AvgIpc) is 3.23. The highest BCUT2D eigenvalue weighted by molar-refractivity contribution is 7.91. The first-order chi connectivity index (χ1) is 11.5. The van der Waals surface area contributed by atoms with Crippen molar-refractivity contribution in [3.63, 3.8) is 0 Å². The molecular weight excluding hydrogens is 370 g/mol. The van der Waals surface area contributed by atoms with Crippen molar-refractivity contribution in [3.8, 4) is 11.5 Å². The Hall–Kier alpha value is -1.28. The fourth-order valence-corrected chi connectivity index (χ4v) is 6.27. The van der Waals surface area contributed by atoms with Crippen molar-refractivity contribution >= 4 is 33.0 Å². The summed E-state index contributed by atoms with van der Waals surface area (Å²) in [6.45, 7) is 0.484. The lowest BCUT2D eigenvalue weighted by Crippen LogP contribution is -2.30. The van der Waals surface area contributed by atoms with E-state index in [1.165, 1.54) is 0 Å². The second-order valence-electron chi connectivity index (χ2n) is 5.44. The van der Waals surface area contributed by atoms with Gasteiger partial charge in [-0.1, -0.05) is 17.7 Å². The summed E-state index contributed by atoms with van der Waals surface area (Å²) in [6.07, 6.45) is 1.55. The van der Waals surface area contributed by atoms with Crippen molar-refractivity contribution in [2.24, 2.45) is 0 Å². The number of halogens is 1. The molecule has 1 atom stereocenters. The summed E-state index contributed by atoms with van der Waals surface area (Å²) in [5, 5.41) is 0. The van der Waals surface area contributed by atoms with Crippen molar-refractivity contribution in [2.75, 3.05) is 20.8 Å². The first-order valence-corrected chi connectivity index (χ1v) is 10.1. The van der Waals surface area contributed by atoms with Crippen LogP contribution in [0.2, 0.25) is 4.34 Å². The van der Waals surface area contributed by atoms with Crippen molar-refractivity contribution in [1.29, 1.82) is 0 Å². The molecule has 0 N–H and O–H groups in total. The number of ether oxygens (including phenoxy) is 2. The Kier molecular flexibility index (Phi) is 5.05. The molecule has 1 aliphatic heterocycles. The molecule has 130 valence electrons. The van der Waals surface area contributed by atoms with Gasteiger partial charge >= 0.3 is 0 Å². The van der Waals surface area contributed by atoms with E-state index in [9.17, 15) is 8.42 Å². The molecule has 5 nitrogen and oxygen atoms in total. The maximum Gasteiger partial charge on any atom is 0.253 e. The SMILES string of the molecule is COc1ccc(C2CCCN2S(=O)(=O)c2ccc(Cl)s2)c(OC)c1. The van der Waals surface area contributed by atoms with Gasteiger partial charge in [0.1, 0.15) is 15.7 Å². The molecule has 1 saturated heterocycles. The van der Waals surface area contributed by atoms with Gasteiger partial charge in [-0.3, -0.25) is 0 Å². The quantitative estimate of drug-likeness (QED) is 0.779. The maximum atomic E-state index is 13.0. The first-order valence-electron chi connectivity index (χ1n) is 7.46. The Morgan fingerprint density at radius 2 is 2.00 bits per heavy atom. The van der Waals surface area contributed by atoms with E-state index in [4.69, 9.17) is 21.1 Å². The molecule has 2 aromatic rings. The largest absolute Gasteiger partial charge is 0.497 e. The zero-order valence-corrected chi connectivity index (χ0v) is 15.7. The van der Waals surface area contributed by atoms with Gasteiger partial charge in [0.2, 0.25) is 0 Å². The van der Waals surface area contributed by atoms with Gasteiger partial charge in [-0.15, -0.1) is 11.3 Å². The fourth-order valence-electron chi connectivity index (χ4n) is 2.98. The summed E-state index contributed by atoms with van der Waals surface area (Å²) < 4.78 is 38.9. The van der Waals surface area contributed by atoms with E-state index in [1.54, 1.807) is 36.7 Å². The fraction of sp³-hybridized carbons (Fsp3) is 0.375. The van der Waals surface area contributed by atoms with E-state index >= 15 is 0 Å². The smallest absolute Gasteiger partial charge is 0.253 e. The van der Waals surface area contributed by atoms with Gasteiger partial charge in [0, 0.05) is 18.2 Å². The summed E-state index contributed by atoms with van der Waals surface area (Å²) in [7, 11) is -0.416. The lowest BCUT2D eigenvalue weighted by atomic mass is 10.0. The molecule has 1 aromatic heterocycles. The zero-order valence-electron chi connectivity index (χ0n) is 13.4. The molecule has 1 unspecified atom stereocenters. The van der Waals surface area contributed by atoms with E-state index in [0.717, 1.165) is 29.7 Å². The van der Waals surface area contributed by atoms with Crippen LogP contribution < -0.4 is 9.47 Å². The number of rotatable bonds is 5. The predicted molar refractivity (Wildman–Crippen MR) is 94.7 cm³/mol. The summed E-state index contributed by atoms with van der Waals surface area (Å²) in [6, 6.07) is 8.39. The van der Waals surface area contributed by atoms with E-state index in [-0.39, 0.29) is 10.3 Å². The number of benzene rings is 1. The lowest BCUT2D eigenvalue weighted by molar-refractivity contribution is 0.361. The second-order valence-corrected chi connectivity index (χ2v) is 9.27. The van der Waals surface area contributed by atoms with Crippen molar-refractivity contribution in [2.45, 2.75) is 23.1 Å². The highest BCUT2D eigenvalue weighted by Crippen LogP contribution is 2.42. The zero-order chi connectivity index (χ0) is 17.3. The van der Waals surface area contributed by atoms with Gasteiger partial charge in [-0.2, -0.15) is 4.31 Å². The Morgan fingerprint density at radius 1 is 1.21 bits per heavy atom. The number of methoxy groups -OCH3 is 2. The first kappa shape index (κ1) is 17.5. The maximum absolute atomic E-state index is 13.0. The Bertz CT molecular complexity index is 834. The van der Waals surface area contributed by atoms with Gasteiger partial charge in [0.15, 0.2) is 0 Å². The Labute approximate surface area is 150 Å². The summed E-state index contributed by atoms with van der Waals surface area (Å²) in [4.78, 5) is 0. The molecular formula is C16H18ClNO4S2. The molecule has 1 fully saturated rings. The van der Waals surface area contributed by atoms with E-state index < -0.39 is 10.0 Å². The van der Waals surface area contributed by atoms with Crippen LogP contribution in [0.5, 0.6) is 11.5 Å². The summed E-state index contributed by atoms with van der Waals surface area (Å²) in [5.41, 5.74) is 0.849. The van der Waals surface area contributed by atoms with Crippen molar-refractivity contribution < 1.29 is 17.9 Å². The van der Waals surface area contributed by atoms with Gasteiger partial charge in [0.25, 0.3) is 10.0 Å². The molecule has 2 heterocycles. The van der Waals surface area contributed by atoms with Crippen LogP contribution in [0.1, 0.15) is 24.4 Å². The predicted octanol–water partition coefficient (Wildman–Crippen LogP) is 3.94. The van der Waals surface area contributed by atoms with Crippen LogP contribution in [0.25, 0.3) is 0 Å². The van der Waals surface area contributed by atoms with Crippen LogP contribution in [-0.4, -0.2) is 33.5 Å². The molecule has 8 heteroatoms. The van der Waals surface area contributed by atoms with Gasteiger partial charge < -0.3 is 9.47 Å². The standard InChI is InChI=1S/C16H18ClNO4S2/c1-21-11-5-6-12(14(10-11)22-2)13-4-3-9-18(13)24(19,20)16-8-7-15(17)23-16/h5-8,10,13H,3-4,9H2,1-2H3. The number of hydrogen-bond acceptors (Lipinski definition) is 5. The third kappa shape index (κ3) is 3.13. The lowest BCUT2D eigenvalue weighted by Gasteiger charge is -2.25. The van der Waals surface area contributed by atoms with E-state index in [0.29, 0.717) is 22.4 Å². The normalized spacial score (nSPS) is 18.7. The highest BCUT2D eigenvalue weighted by atomic mass is 35.5. The molecule has 1 aromatic carbocycles. The van der Waals surface area contributed by atoms with E-state index in [1.807, 2.05) is 12.1 Å². The third-order valence-electron chi connectivity index (χ3n) is 4.11. The van der Waals surface area contributed by atoms with Crippen molar-refractivity contribution in [3.05, 3.63) is 40.2 Å².